The number of rotatable bonds is 3. The Bertz CT molecular complexity index is 368. The molecule has 1 aromatic rings. The molecule has 2 N–H and O–H groups in total. The lowest BCUT2D eigenvalue weighted by atomic mass is 10.1. The summed E-state index contributed by atoms with van der Waals surface area (Å²) < 4.78 is 24.3. The van der Waals surface area contributed by atoms with E-state index in [1.54, 1.807) is 19.1 Å². The molecule has 0 aliphatic carbocycles. The minimum absolute atomic E-state index is 0. The van der Waals surface area contributed by atoms with Crippen molar-refractivity contribution in [1.29, 1.82) is 0 Å². The van der Waals surface area contributed by atoms with E-state index in [1.165, 1.54) is 6.07 Å². The zero-order chi connectivity index (χ0) is 11.5. The van der Waals surface area contributed by atoms with Crippen molar-refractivity contribution in [2.75, 3.05) is 13.2 Å². The van der Waals surface area contributed by atoms with Crippen LogP contribution in [0.25, 0.3) is 0 Å². The van der Waals surface area contributed by atoms with Gasteiger partial charge in [-0.2, -0.15) is 0 Å². The summed E-state index contributed by atoms with van der Waals surface area (Å²) in [6.45, 7) is 3.08. The average Bonchev–Trinajstić information content (AvgIpc) is 2.73. The van der Waals surface area contributed by atoms with Crippen molar-refractivity contribution < 1.29 is 13.9 Å². The summed E-state index contributed by atoms with van der Waals surface area (Å²) in [5.74, 6) is 0.370. The fraction of sp³-hybridized carbons (Fsp3) is 0.500. The third-order valence-electron chi connectivity index (χ3n) is 2.65. The molecule has 0 amide bonds. The van der Waals surface area contributed by atoms with E-state index in [1.807, 2.05) is 0 Å². The Hall–Kier alpha value is -0.840. The lowest BCUT2D eigenvalue weighted by Gasteiger charge is -2.14. The minimum atomic E-state index is -0.330. The summed E-state index contributed by atoms with van der Waals surface area (Å²) in [6, 6.07) is 4.35. The van der Waals surface area contributed by atoms with E-state index in [2.05, 4.69) is 0 Å². The van der Waals surface area contributed by atoms with Crippen LogP contribution in [0.2, 0.25) is 0 Å². The molecule has 1 aliphatic heterocycles. The van der Waals surface area contributed by atoms with Gasteiger partial charge in [0, 0.05) is 18.0 Å². The van der Waals surface area contributed by atoms with Crippen molar-refractivity contribution in [2.45, 2.75) is 25.5 Å². The normalized spacial score (nSPS) is 20.8. The zero-order valence-electron chi connectivity index (χ0n) is 9.69. The second-order valence-corrected chi connectivity index (χ2v) is 4.08. The summed E-state index contributed by atoms with van der Waals surface area (Å²) in [5, 5.41) is 0. The summed E-state index contributed by atoms with van der Waals surface area (Å²) in [7, 11) is 0. The van der Waals surface area contributed by atoms with Crippen LogP contribution in [0.3, 0.4) is 0 Å². The van der Waals surface area contributed by atoms with Crippen molar-refractivity contribution in [1.82, 2.24) is 0 Å². The second-order valence-electron chi connectivity index (χ2n) is 4.08. The third-order valence-corrected chi connectivity index (χ3v) is 2.65. The molecule has 1 unspecified atom stereocenters. The van der Waals surface area contributed by atoms with Crippen LogP contribution in [0.1, 0.15) is 24.9 Å². The highest BCUT2D eigenvalue weighted by atomic mass is 35.5. The monoisotopic (exact) mass is 261 g/mol. The Balaban J connectivity index is 0.00000144. The molecule has 2 atom stereocenters. The van der Waals surface area contributed by atoms with Gasteiger partial charge in [-0.15, -0.1) is 12.4 Å². The zero-order valence-corrected chi connectivity index (χ0v) is 10.5. The Labute approximate surface area is 107 Å². The maximum Gasteiger partial charge on any atom is 0.128 e. The number of benzene rings is 1. The molecule has 0 aromatic heterocycles. The molecular formula is C12H17ClFNO2. The van der Waals surface area contributed by atoms with Gasteiger partial charge in [-0.3, -0.25) is 0 Å². The number of halogens is 2. The predicted octanol–water partition coefficient (Wildman–Crippen LogP) is 2.43. The maximum absolute atomic E-state index is 13.4. The van der Waals surface area contributed by atoms with Gasteiger partial charge in [0.25, 0.3) is 0 Å². The van der Waals surface area contributed by atoms with E-state index in [-0.39, 0.29) is 30.4 Å². The van der Waals surface area contributed by atoms with E-state index >= 15 is 0 Å². The molecule has 96 valence electrons. The molecule has 0 spiro atoms. The van der Waals surface area contributed by atoms with Gasteiger partial charge in [0.1, 0.15) is 17.7 Å². The molecule has 1 aliphatic rings. The SMILES string of the molecule is CC(N)c1cc(O[C@H]2CCOC2)ccc1F.Cl. The van der Waals surface area contributed by atoms with Crippen LogP contribution in [0.4, 0.5) is 4.39 Å². The van der Waals surface area contributed by atoms with E-state index in [9.17, 15) is 4.39 Å². The van der Waals surface area contributed by atoms with Crippen molar-refractivity contribution in [3.63, 3.8) is 0 Å². The molecule has 1 fully saturated rings. The van der Waals surface area contributed by atoms with Crippen molar-refractivity contribution >= 4 is 12.4 Å². The van der Waals surface area contributed by atoms with Gasteiger partial charge in [-0.1, -0.05) is 0 Å². The Kier molecular flexibility index (Phi) is 5.18. The van der Waals surface area contributed by atoms with Gasteiger partial charge >= 0.3 is 0 Å². The quantitative estimate of drug-likeness (QED) is 0.909. The minimum Gasteiger partial charge on any atom is -0.488 e. The van der Waals surface area contributed by atoms with E-state index in [4.69, 9.17) is 15.2 Å². The molecule has 3 nitrogen and oxygen atoms in total. The predicted molar refractivity (Wildman–Crippen MR) is 66.1 cm³/mol. The highest BCUT2D eigenvalue weighted by Crippen LogP contribution is 2.23. The highest BCUT2D eigenvalue weighted by molar-refractivity contribution is 5.85. The molecule has 17 heavy (non-hydrogen) atoms. The standard InChI is InChI=1S/C12H16FNO2.ClH/c1-8(14)11-6-9(2-3-12(11)13)16-10-4-5-15-7-10;/h2-3,6,8,10H,4-5,7,14H2,1H3;1H/t8?,10-;/m0./s1. The maximum atomic E-state index is 13.4. The van der Waals surface area contributed by atoms with Gasteiger partial charge in [0.15, 0.2) is 0 Å². The smallest absolute Gasteiger partial charge is 0.128 e. The molecule has 1 heterocycles. The highest BCUT2D eigenvalue weighted by Gasteiger charge is 2.18. The van der Waals surface area contributed by atoms with Crippen molar-refractivity contribution in [2.24, 2.45) is 5.73 Å². The van der Waals surface area contributed by atoms with Crippen molar-refractivity contribution in [3.8, 4) is 5.75 Å². The first-order valence-electron chi connectivity index (χ1n) is 5.46. The largest absolute Gasteiger partial charge is 0.488 e. The van der Waals surface area contributed by atoms with E-state index < -0.39 is 0 Å². The Morgan fingerprint density at radius 2 is 2.29 bits per heavy atom. The number of hydrogen-bond donors (Lipinski definition) is 1. The number of hydrogen-bond acceptors (Lipinski definition) is 3. The summed E-state index contributed by atoms with van der Waals surface area (Å²) in [6.07, 6.45) is 0.955. The van der Waals surface area contributed by atoms with E-state index in [0.717, 1.165) is 13.0 Å². The van der Waals surface area contributed by atoms with Crippen LogP contribution >= 0.6 is 12.4 Å². The van der Waals surface area contributed by atoms with Crippen LogP contribution in [-0.2, 0) is 4.74 Å². The van der Waals surface area contributed by atoms with E-state index in [0.29, 0.717) is 17.9 Å². The summed E-state index contributed by atoms with van der Waals surface area (Å²) >= 11 is 0. The molecular weight excluding hydrogens is 245 g/mol. The molecule has 0 saturated carbocycles. The first-order chi connectivity index (χ1) is 7.66. The van der Waals surface area contributed by atoms with Crippen LogP contribution in [0.5, 0.6) is 5.75 Å². The van der Waals surface area contributed by atoms with Gasteiger partial charge in [0.05, 0.1) is 13.2 Å². The molecule has 0 radical (unpaired) electrons. The fourth-order valence-electron chi connectivity index (χ4n) is 1.74. The lowest BCUT2D eigenvalue weighted by Crippen LogP contribution is -2.16. The molecule has 0 bridgehead atoms. The van der Waals surface area contributed by atoms with Crippen LogP contribution in [0.15, 0.2) is 18.2 Å². The first-order valence-corrected chi connectivity index (χ1v) is 5.46. The molecule has 2 rings (SSSR count). The number of nitrogens with two attached hydrogens (primary N) is 1. The fourth-order valence-corrected chi connectivity index (χ4v) is 1.74. The van der Waals surface area contributed by atoms with Crippen LogP contribution < -0.4 is 10.5 Å². The Morgan fingerprint density at radius 3 is 2.88 bits per heavy atom. The van der Waals surface area contributed by atoms with Gasteiger partial charge in [-0.05, 0) is 25.1 Å². The topological polar surface area (TPSA) is 44.5 Å². The molecule has 1 aromatic carbocycles. The lowest BCUT2D eigenvalue weighted by molar-refractivity contribution is 0.141. The Morgan fingerprint density at radius 1 is 1.53 bits per heavy atom. The first kappa shape index (κ1) is 14.2. The average molecular weight is 262 g/mol. The number of ether oxygens (including phenoxy) is 2. The van der Waals surface area contributed by atoms with Gasteiger partial charge < -0.3 is 15.2 Å². The van der Waals surface area contributed by atoms with Gasteiger partial charge in [-0.25, -0.2) is 4.39 Å². The summed E-state index contributed by atoms with van der Waals surface area (Å²) in [5.41, 5.74) is 6.15. The van der Waals surface area contributed by atoms with Gasteiger partial charge in [0.2, 0.25) is 0 Å². The van der Waals surface area contributed by atoms with Crippen LogP contribution in [0, 0.1) is 5.82 Å². The van der Waals surface area contributed by atoms with Crippen LogP contribution in [-0.4, -0.2) is 19.3 Å². The summed E-state index contributed by atoms with van der Waals surface area (Å²) in [4.78, 5) is 0. The van der Waals surface area contributed by atoms with Crippen molar-refractivity contribution in [3.05, 3.63) is 29.6 Å². The molecule has 1 saturated heterocycles. The second kappa shape index (κ2) is 6.19. The molecule has 5 heteroatoms. The third kappa shape index (κ3) is 3.56.